The van der Waals surface area contributed by atoms with E-state index in [0.29, 0.717) is 25.3 Å². The second-order valence-electron chi connectivity index (χ2n) is 6.75. The fraction of sp³-hybridized carbons (Fsp3) is 0.364. The number of hydrogen-bond acceptors (Lipinski definition) is 5. The fourth-order valence-electron chi connectivity index (χ4n) is 3.28. The average molecular weight is 397 g/mol. The molecule has 1 saturated heterocycles. The SMILES string of the molecule is CCC(=O)N1CCN(c2ccccc2NC(=O)COc2ccc(OC)cc2)CC1. The van der Waals surface area contributed by atoms with Crippen LogP contribution in [0, 0.1) is 0 Å². The van der Waals surface area contributed by atoms with Crippen molar-refractivity contribution >= 4 is 23.2 Å². The third kappa shape index (κ3) is 5.40. The van der Waals surface area contributed by atoms with Crippen LogP contribution in [0.4, 0.5) is 11.4 Å². The third-order valence-electron chi connectivity index (χ3n) is 4.88. The normalized spacial score (nSPS) is 13.7. The second-order valence-corrected chi connectivity index (χ2v) is 6.75. The van der Waals surface area contributed by atoms with Gasteiger partial charge < -0.3 is 24.6 Å². The van der Waals surface area contributed by atoms with Crippen molar-refractivity contribution in [3.05, 3.63) is 48.5 Å². The predicted octanol–water partition coefficient (Wildman–Crippen LogP) is 2.77. The lowest BCUT2D eigenvalue weighted by Crippen LogP contribution is -2.48. The van der Waals surface area contributed by atoms with Gasteiger partial charge in [0.2, 0.25) is 5.91 Å². The van der Waals surface area contributed by atoms with Gasteiger partial charge in [0.05, 0.1) is 18.5 Å². The molecule has 2 amide bonds. The summed E-state index contributed by atoms with van der Waals surface area (Å²) in [4.78, 5) is 28.4. The Balaban J connectivity index is 1.57. The van der Waals surface area contributed by atoms with Gasteiger partial charge in [0.15, 0.2) is 6.61 Å². The number of methoxy groups -OCH3 is 1. The molecule has 1 heterocycles. The van der Waals surface area contributed by atoms with Crippen LogP contribution in [-0.4, -0.2) is 56.6 Å². The van der Waals surface area contributed by atoms with Crippen LogP contribution in [0.1, 0.15) is 13.3 Å². The number of benzene rings is 2. The number of amides is 2. The summed E-state index contributed by atoms with van der Waals surface area (Å²) in [7, 11) is 1.60. The van der Waals surface area contributed by atoms with Crippen LogP contribution < -0.4 is 19.7 Å². The van der Waals surface area contributed by atoms with Crippen LogP contribution in [0.3, 0.4) is 0 Å². The zero-order valence-electron chi connectivity index (χ0n) is 16.9. The highest BCUT2D eigenvalue weighted by atomic mass is 16.5. The van der Waals surface area contributed by atoms with Crippen molar-refractivity contribution in [3.8, 4) is 11.5 Å². The highest BCUT2D eigenvalue weighted by Gasteiger charge is 2.22. The minimum Gasteiger partial charge on any atom is -0.497 e. The molecule has 1 aliphatic rings. The Morgan fingerprint density at radius 3 is 2.28 bits per heavy atom. The van der Waals surface area contributed by atoms with Crippen molar-refractivity contribution in [1.82, 2.24) is 4.90 Å². The molecule has 1 aliphatic heterocycles. The minimum atomic E-state index is -0.229. The number of nitrogens with zero attached hydrogens (tertiary/aromatic N) is 2. The monoisotopic (exact) mass is 397 g/mol. The lowest BCUT2D eigenvalue weighted by Gasteiger charge is -2.36. The predicted molar refractivity (Wildman–Crippen MR) is 113 cm³/mol. The van der Waals surface area contributed by atoms with Gasteiger partial charge in [-0.05, 0) is 36.4 Å². The molecule has 0 radical (unpaired) electrons. The van der Waals surface area contributed by atoms with Crippen LogP contribution in [0.25, 0.3) is 0 Å². The summed E-state index contributed by atoms with van der Waals surface area (Å²) in [6.45, 7) is 4.65. The van der Waals surface area contributed by atoms with E-state index in [9.17, 15) is 9.59 Å². The first kappa shape index (κ1) is 20.5. The zero-order chi connectivity index (χ0) is 20.6. The summed E-state index contributed by atoms with van der Waals surface area (Å²) >= 11 is 0. The maximum absolute atomic E-state index is 12.4. The van der Waals surface area contributed by atoms with Gasteiger partial charge in [-0.15, -0.1) is 0 Å². The molecular weight excluding hydrogens is 370 g/mol. The number of ether oxygens (including phenoxy) is 2. The smallest absolute Gasteiger partial charge is 0.262 e. The Morgan fingerprint density at radius 2 is 1.62 bits per heavy atom. The molecule has 0 aromatic heterocycles. The molecule has 2 aromatic rings. The van der Waals surface area contributed by atoms with Gasteiger partial charge >= 0.3 is 0 Å². The van der Waals surface area contributed by atoms with Gasteiger partial charge in [0.1, 0.15) is 11.5 Å². The van der Waals surface area contributed by atoms with E-state index in [1.807, 2.05) is 36.1 Å². The highest BCUT2D eigenvalue weighted by molar-refractivity contribution is 5.95. The molecule has 1 fully saturated rings. The summed E-state index contributed by atoms with van der Waals surface area (Å²) in [5, 5.41) is 2.93. The van der Waals surface area contributed by atoms with Crippen LogP contribution in [0.15, 0.2) is 48.5 Å². The molecule has 7 nitrogen and oxygen atoms in total. The van der Waals surface area contributed by atoms with Gasteiger partial charge in [-0.25, -0.2) is 0 Å². The molecular formula is C22H27N3O4. The van der Waals surface area contributed by atoms with Gasteiger partial charge in [-0.1, -0.05) is 19.1 Å². The number of para-hydroxylation sites is 2. The lowest BCUT2D eigenvalue weighted by molar-refractivity contribution is -0.131. The van der Waals surface area contributed by atoms with E-state index >= 15 is 0 Å². The number of anilines is 2. The Bertz CT molecular complexity index is 830. The third-order valence-corrected chi connectivity index (χ3v) is 4.88. The number of piperazine rings is 1. The van der Waals surface area contributed by atoms with Gasteiger partial charge in [-0.2, -0.15) is 0 Å². The van der Waals surface area contributed by atoms with Crippen molar-refractivity contribution in [3.63, 3.8) is 0 Å². The van der Waals surface area contributed by atoms with E-state index < -0.39 is 0 Å². The summed E-state index contributed by atoms with van der Waals surface area (Å²) < 4.78 is 10.7. The lowest BCUT2D eigenvalue weighted by atomic mass is 10.2. The summed E-state index contributed by atoms with van der Waals surface area (Å²) in [6, 6.07) is 14.8. The van der Waals surface area contributed by atoms with E-state index in [1.165, 1.54) is 0 Å². The zero-order valence-corrected chi connectivity index (χ0v) is 16.9. The summed E-state index contributed by atoms with van der Waals surface area (Å²) in [5.74, 6) is 1.29. The molecule has 0 unspecified atom stereocenters. The maximum Gasteiger partial charge on any atom is 0.262 e. The van der Waals surface area contributed by atoms with Crippen LogP contribution in [0.5, 0.6) is 11.5 Å². The van der Waals surface area contributed by atoms with Gasteiger partial charge in [-0.3, -0.25) is 9.59 Å². The first-order valence-corrected chi connectivity index (χ1v) is 9.79. The number of hydrogen-bond donors (Lipinski definition) is 1. The second kappa shape index (κ2) is 9.82. The van der Waals surface area contributed by atoms with E-state index in [-0.39, 0.29) is 18.4 Å². The highest BCUT2D eigenvalue weighted by Crippen LogP contribution is 2.27. The quantitative estimate of drug-likeness (QED) is 0.778. The van der Waals surface area contributed by atoms with Crippen molar-refractivity contribution < 1.29 is 19.1 Å². The van der Waals surface area contributed by atoms with Crippen LogP contribution >= 0.6 is 0 Å². The van der Waals surface area contributed by atoms with Crippen molar-refractivity contribution in [2.45, 2.75) is 13.3 Å². The minimum absolute atomic E-state index is 0.0839. The average Bonchev–Trinajstić information content (AvgIpc) is 2.78. The number of carbonyl (C=O) groups is 2. The summed E-state index contributed by atoms with van der Waals surface area (Å²) in [5.41, 5.74) is 1.69. The Kier molecular flexibility index (Phi) is 6.94. The van der Waals surface area contributed by atoms with Crippen molar-refractivity contribution in [1.29, 1.82) is 0 Å². The molecule has 154 valence electrons. The molecule has 0 aliphatic carbocycles. The molecule has 2 aromatic carbocycles. The molecule has 29 heavy (non-hydrogen) atoms. The molecule has 0 saturated carbocycles. The van der Waals surface area contributed by atoms with Crippen molar-refractivity contribution in [2.24, 2.45) is 0 Å². The first-order chi connectivity index (χ1) is 14.1. The van der Waals surface area contributed by atoms with Crippen LogP contribution in [0.2, 0.25) is 0 Å². The van der Waals surface area contributed by atoms with Gasteiger partial charge in [0, 0.05) is 32.6 Å². The number of carbonyl (C=O) groups excluding carboxylic acids is 2. The van der Waals surface area contributed by atoms with E-state index in [4.69, 9.17) is 9.47 Å². The largest absolute Gasteiger partial charge is 0.497 e. The fourth-order valence-corrected chi connectivity index (χ4v) is 3.28. The molecule has 0 atom stereocenters. The van der Waals surface area contributed by atoms with E-state index in [1.54, 1.807) is 31.4 Å². The molecule has 3 rings (SSSR count). The number of rotatable bonds is 7. The molecule has 1 N–H and O–H groups in total. The summed E-state index contributed by atoms with van der Waals surface area (Å²) in [6.07, 6.45) is 0.529. The Hall–Kier alpha value is -3.22. The van der Waals surface area contributed by atoms with E-state index in [0.717, 1.165) is 30.2 Å². The first-order valence-electron chi connectivity index (χ1n) is 9.79. The van der Waals surface area contributed by atoms with Crippen molar-refractivity contribution in [2.75, 3.05) is 50.1 Å². The molecule has 0 spiro atoms. The van der Waals surface area contributed by atoms with Gasteiger partial charge in [0.25, 0.3) is 5.91 Å². The molecule has 0 bridgehead atoms. The maximum atomic E-state index is 12.4. The molecule has 7 heteroatoms. The Labute approximate surface area is 171 Å². The standard InChI is InChI=1S/C22H27N3O4/c1-3-22(27)25-14-12-24(13-15-25)20-7-5-4-6-19(20)23-21(26)16-29-18-10-8-17(28-2)9-11-18/h4-11H,3,12-16H2,1-2H3,(H,23,26). The van der Waals surface area contributed by atoms with Crippen LogP contribution in [-0.2, 0) is 9.59 Å². The topological polar surface area (TPSA) is 71.1 Å². The van der Waals surface area contributed by atoms with E-state index in [2.05, 4.69) is 10.2 Å². The Morgan fingerprint density at radius 1 is 0.966 bits per heavy atom. The number of nitrogens with one attached hydrogen (secondary N) is 1.